The monoisotopic (exact) mass is 538 g/mol. The van der Waals surface area contributed by atoms with Crippen molar-refractivity contribution in [3.63, 3.8) is 0 Å². The number of nitrogens with one attached hydrogen (secondary N) is 1. The van der Waals surface area contributed by atoms with Gasteiger partial charge in [0, 0.05) is 17.0 Å². The van der Waals surface area contributed by atoms with Crippen molar-refractivity contribution in [2.75, 3.05) is 25.1 Å². The zero-order valence-corrected chi connectivity index (χ0v) is 21.5. The van der Waals surface area contributed by atoms with Crippen LogP contribution in [0.15, 0.2) is 88.9 Å². The standard InChI is InChI=1S/C26H23ClN4O5S/c1-35-21-12-9-20(10-13-21)31(37(33,34)23-6-4-3-5-7-23)17-25(32)30-28-16-19-14-18-8-11-22(36-2)15-24(18)29-26(19)27/h3-16H,17H2,1-2H3,(H,30,32)/b28-16+. The Labute approximate surface area is 219 Å². The third kappa shape index (κ3) is 5.99. The summed E-state index contributed by atoms with van der Waals surface area (Å²) >= 11 is 6.28. The van der Waals surface area contributed by atoms with Crippen molar-refractivity contribution in [1.29, 1.82) is 0 Å². The number of anilines is 1. The van der Waals surface area contributed by atoms with Gasteiger partial charge in [-0.15, -0.1) is 0 Å². The topological polar surface area (TPSA) is 110 Å². The van der Waals surface area contributed by atoms with Crippen molar-refractivity contribution in [3.8, 4) is 11.5 Å². The first-order valence-corrected chi connectivity index (χ1v) is 12.8. The highest BCUT2D eigenvalue weighted by molar-refractivity contribution is 7.92. The summed E-state index contributed by atoms with van der Waals surface area (Å²) in [5, 5.41) is 4.95. The Kier molecular flexibility index (Phi) is 7.90. The normalized spacial score (nSPS) is 11.4. The molecule has 0 aliphatic carbocycles. The number of amides is 1. The number of nitrogens with zero attached hydrogens (tertiary/aromatic N) is 3. The molecule has 9 nitrogen and oxygen atoms in total. The predicted molar refractivity (Wildman–Crippen MR) is 143 cm³/mol. The molecule has 11 heteroatoms. The molecular weight excluding hydrogens is 516 g/mol. The molecule has 0 aliphatic rings. The maximum atomic E-state index is 13.4. The third-order valence-electron chi connectivity index (χ3n) is 5.38. The van der Waals surface area contributed by atoms with Crippen molar-refractivity contribution in [2.24, 2.45) is 5.10 Å². The number of aromatic nitrogens is 1. The van der Waals surface area contributed by atoms with E-state index in [0.29, 0.717) is 28.3 Å². The van der Waals surface area contributed by atoms with E-state index in [-0.39, 0.29) is 10.0 Å². The molecular formula is C26H23ClN4O5S. The smallest absolute Gasteiger partial charge is 0.264 e. The molecule has 3 aromatic carbocycles. The van der Waals surface area contributed by atoms with Gasteiger partial charge in [-0.3, -0.25) is 9.10 Å². The van der Waals surface area contributed by atoms with E-state index in [0.717, 1.165) is 9.69 Å². The summed E-state index contributed by atoms with van der Waals surface area (Å²) in [5.74, 6) is 0.548. The minimum absolute atomic E-state index is 0.0489. The second-order valence-electron chi connectivity index (χ2n) is 7.74. The lowest BCUT2D eigenvalue weighted by atomic mass is 10.1. The lowest BCUT2D eigenvalue weighted by molar-refractivity contribution is -0.119. The summed E-state index contributed by atoms with van der Waals surface area (Å²) in [7, 11) is -0.974. The number of methoxy groups -OCH3 is 2. The van der Waals surface area contributed by atoms with E-state index < -0.39 is 22.5 Å². The highest BCUT2D eigenvalue weighted by Gasteiger charge is 2.27. The minimum Gasteiger partial charge on any atom is -0.497 e. The van der Waals surface area contributed by atoms with Crippen LogP contribution in [0, 0.1) is 0 Å². The Morgan fingerprint density at radius 3 is 2.35 bits per heavy atom. The number of hydrogen-bond donors (Lipinski definition) is 1. The molecule has 1 N–H and O–H groups in total. The average Bonchev–Trinajstić information content (AvgIpc) is 2.92. The first-order chi connectivity index (χ1) is 17.8. The largest absolute Gasteiger partial charge is 0.497 e. The van der Waals surface area contributed by atoms with E-state index >= 15 is 0 Å². The van der Waals surface area contributed by atoms with Crippen LogP contribution in [0.5, 0.6) is 11.5 Å². The van der Waals surface area contributed by atoms with Crippen LogP contribution in [0.3, 0.4) is 0 Å². The second kappa shape index (κ2) is 11.3. The summed E-state index contributed by atoms with van der Waals surface area (Å²) in [6.45, 7) is -0.510. The fraction of sp³-hybridized carbons (Fsp3) is 0.115. The summed E-state index contributed by atoms with van der Waals surface area (Å²) in [6.07, 6.45) is 1.35. The van der Waals surface area contributed by atoms with Crippen LogP contribution in [0.4, 0.5) is 5.69 Å². The third-order valence-corrected chi connectivity index (χ3v) is 7.47. The van der Waals surface area contributed by atoms with Gasteiger partial charge in [0.15, 0.2) is 0 Å². The van der Waals surface area contributed by atoms with Crippen molar-refractivity contribution in [2.45, 2.75) is 4.90 Å². The quantitative estimate of drug-likeness (QED) is 0.194. The molecule has 0 saturated heterocycles. The van der Waals surface area contributed by atoms with Gasteiger partial charge >= 0.3 is 0 Å². The number of pyridine rings is 1. The predicted octanol–water partition coefficient (Wildman–Crippen LogP) is 4.25. The molecule has 37 heavy (non-hydrogen) atoms. The first-order valence-electron chi connectivity index (χ1n) is 11.0. The van der Waals surface area contributed by atoms with Gasteiger partial charge in [0.1, 0.15) is 23.2 Å². The average molecular weight is 539 g/mol. The Bertz CT molecular complexity index is 1550. The molecule has 0 radical (unpaired) electrons. The van der Waals surface area contributed by atoms with E-state index in [1.807, 2.05) is 6.07 Å². The molecule has 0 atom stereocenters. The van der Waals surface area contributed by atoms with Crippen LogP contribution in [-0.2, 0) is 14.8 Å². The SMILES string of the molecule is COc1ccc(N(CC(=O)N/N=C/c2cc3ccc(OC)cc3nc2Cl)S(=O)(=O)c2ccccc2)cc1. The number of hydrazone groups is 1. The minimum atomic E-state index is -4.04. The van der Waals surface area contributed by atoms with Gasteiger partial charge in [-0.2, -0.15) is 5.10 Å². The molecule has 0 aliphatic heterocycles. The lowest BCUT2D eigenvalue weighted by Crippen LogP contribution is -2.39. The molecule has 0 saturated carbocycles. The van der Waals surface area contributed by atoms with Crippen molar-refractivity contribution in [1.82, 2.24) is 10.4 Å². The van der Waals surface area contributed by atoms with Gasteiger partial charge in [0.25, 0.3) is 15.9 Å². The molecule has 0 spiro atoms. The number of rotatable bonds is 9. The van der Waals surface area contributed by atoms with Crippen LogP contribution in [0.2, 0.25) is 5.15 Å². The Morgan fingerprint density at radius 2 is 1.68 bits per heavy atom. The Hall–Kier alpha value is -4.15. The molecule has 4 rings (SSSR count). The Balaban J connectivity index is 1.55. The van der Waals surface area contributed by atoms with Crippen LogP contribution in [-0.4, -0.2) is 46.3 Å². The highest BCUT2D eigenvalue weighted by Crippen LogP contribution is 2.26. The summed E-state index contributed by atoms with van der Waals surface area (Å²) in [4.78, 5) is 17.2. The first kappa shape index (κ1) is 25.9. The van der Waals surface area contributed by atoms with E-state index in [1.54, 1.807) is 67.8 Å². The van der Waals surface area contributed by atoms with Gasteiger partial charge in [0.2, 0.25) is 0 Å². The number of fused-ring (bicyclic) bond motifs is 1. The summed E-state index contributed by atoms with van der Waals surface area (Å²) in [5.41, 5.74) is 3.78. The zero-order valence-electron chi connectivity index (χ0n) is 20.0. The fourth-order valence-electron chi connectivity index (χ4n) is 3.48. The molecule has 0 bridgehead atoms. The van der Waals surface area contributed by atoms with Crippen LogP contribution >= 0.6 is 11.6 Å². The van der Waals surface area contributed by atoms with Crippen LogP contribution in [0.1, 0.15) is 5.56 Å². The number of sulfonamides is 1. The van der Waals surface area contributed by atoms with Crippen LogP contribution < -0.4 is 19.2 Å². The number of halogens is 1. The molecule has 1 heterocycles. The number of hydrogen-bond acceptors (Lipinski definition) is 7. The number of carbonyl (C=O) groups is 1. The highest BCUT2D eigenvalue weighted by atomic mass is 35.5. The van der Waals surface area contributed by atoms with Crippen molar-refractivity contribution < 1.29 is 22.7 Å². The second-order valence-corrected chi connectivity index (χ2v) is 9.96. The number of ether oxygens (including phenoxy) is 2. The molecule has 190 valence electrons. The van der Waals surface area contributed by atoms with E-state index in [9.17, 15) is 13.2 Å². The molecule has 0 unspecified atom stereocenters. The molecule has 0 fully saturated rings. The van der Waals surface area contributed by atoms with Crippen molar-refractivity contribution >= 4 is 50.3 Å². The lowest BCUT2D eigenvalue weighted by Gasteiger charge is -2.23. The van der Waals surface area contributed by atoms with Gasteiger partial charge in [-0.05, 0) is 54.6 Å². The maximum absolute atomic E-state index is 13.4. The summed E-state index contributed by atoms with van der Waals surface area (Å²) in [6, 6.07) is 21.4. The van der Waals surface area contributed by atoms with Crippen molar-refractivity contribution in [3.05, 3.63) is 89.6 Å². The maximum Gasteiger partial charge on any atom is 0.264 e. The van der Waals surface area contributed by atoms with E-state index in [2.05, 4.69) is 15.5 Å². The molecule has 1 aromatic heterocycles. The number of carbonyl (C=O) groups excluding carboxylic acids is 1. The molecule has 1 amide bonds. The Morgan fingerprint density at radius 1 is 1.00 bits per heavy atom. The van der Waals surface area contributed by atoms with E-state index in [1.165, 1.54) is 25.5 Å². The molecule has 4 aromatic rings. The van der Waals surface area contributed by atoms with Gasteiger partial charge in [0.05, 0.1) is 36.5 Å². The fourth-order valence-corrected chi connectivity index (χ4v) is 5.12. The van der Waals surface area contributed by atoms with Gasteiger partial charge in [-0.1, -0.05) is 29.8 Å². The van der Waals surface area contributed by atoms with Crippen LogP contribution in [0.25, 0.3) is 10.9 Å². The van der Waals surface area contributed by atoms with Gasteiger partial charge < -0.3 is 9.47 Å². The van der Waals surface area contributed by atoms with Gasteiger partial charge in [-0.25, -0.2) is 18.8 Å². The zero-order chi connectivity index (χ0) is 26.4. The number of benzene rings is 3. The van der Waals surface area contributed by atoms with E-state index in [4.69, 9.17) is 21.1 Å². The summed E-state index contributed by atoms with van der Waals surface area (Å²) < 4.78 is 38.1.